The average Bonchev–Trinajstić information content (AvgIpc) is 2.67. The summed E-state index contributed by atoms with van der Waals surface area (Å²) in [6, 6.07) is 18.6. The highest BCUT2D eigenvalue weighted by atomic mass is 35.5. The highest BCUT2D eigenvalue weighted by molar-refractivity contribution is 6.30. The Morgan fingerprint density at radius 1 is 1.12 bits per heavy atom. The van der Waals surface area contributed by atoms with Crippen molar-refractivity contribution < 1.29 is 9.53 Å². The Balaban J connectivity index is 1.66. The minimum atomic E-state index is -0.167. The standard InChI is InChI=1S/C20H17ClN2O2/c1-25-18-4-2-3-15(11-18)19-10-7-16(13-22-19)20(24)23-12-14-5-8-17(21)9-6-14/h2-11,13H,12H2,1H3,(H,23,24). The molecule has 1 aromatic heterocycles. The van der Waals surface area contributed by atoms with E-state index in [-0.39, 0.29) is 5.91 Å². The smallest absolute Gasteiger partial charge is 0.253 e. The number of nitrogens with one attached hydrogen (secondary N) is 1. The minimum Gasteiger partial charge on any atom is -0.497 e. The van der Waals surface area contributed by atoms with Crippen LogP contribution < -0.4 is 10.1 Å². The molecule has 0 saturated heterocycles. The summed E-state index contributed by atoms with van der Waals surface area (Å²) in [5, 5.41) is 3.54. The van der Waals surface area contributed by atoms with Gasteiger partial charge in [-0.05, 0) is 42.0 Å². The van der Waals surface area contributed by atoms with E-state index in [2.05, 4.69) is 10.3 Å². The monoisotopic (exact) mass is 352 g/mol. The minimum absolute atomic E-state index is 0.167. The first-order valence-electron chi connectivity index (χ1n) is 7.79. The fraction of sp³-hybridized carbons (Fsp3) is 0.100. The maximum Gasteiger partial charge on any atom is 0.253 e. The fourth-order valence-electron chi connectivity index (χ4n) is 2.37. The Bertz CT molecular complexity index is 862. The third kappa shape index (κ3) is 4.37. The molecule has 3 rings (SSSR count). The van der Waals surface area contributed by atoms with Gasteiger partial charge in [-0.1, -0.05) is 35.9 Å². The number of nitrogens with zero attached hydrogens (tertiary/aromatic N) is 1. The van der Waals surface area contributed by atoms with Gasteiger partial charge in [0.25, 0.3) is 5.91 Å². The molecule has 126 valence electrons. The molecule has 1 heterocycles. The van der Waals surface area contributed by atoms with E-state index in [4.69, 9.17) is 16.3 Å². The summed E-state index contributed by atoms with van der Waals surface area (Å²) in [5.74, 6) is 0.601. The summed E-state index contributed by atoms with van der Waals surface area (Å²) in [6.07, 6.45) is 1.58. The molecule has 0 fully saturated rings. The zero-order valence-corrected chi connectivity index (χ0v) is 14.5. The molecule has 0 aliphatic carbocycles. The van der Waals surface area contributed by atoms with Crippen LogP contribution in [0, 0.1) is 0 Å². The van der Waals surface area contributed by atoms with E-state index in [1.54, 1.807) is 31.5 Å². The molecule has 0 saturated carbocycles. The lowest BCUT2D eigenvalue weighted by molar-refractivity contribution is 0.0950. The molecular weight excluding hydrogens is 336 g/mol. The zero-order chi connectivity index (χ0) is 17.6. The van der Waals surface area contributed by atoms with Crippen molar-refractivity contribution >= 4 is 17.5 Å². The summed E-state index contributed by atoms with van der Waals surface area (Å²) in [7, 11) is 1.63. The largest absolute Gasteiger partial charge is 0.497 e. The van der Waals surface area contributed by atoms with Crippen LogP contribution in [0.15, 0.2) is 66.9 Å². The first-order chi connectivity index (χ1) is 12.2. The molecule has 3 aromatic rings. The molecule has 0 radical (unpaired) electrons. The number of carbonyl (C=O) groups excluding carboxylic acids is 1. The summed E-state index contributed by atoms with van der Waals surface area (Å²) in [5.41, 5.74) is 3.22. The van der Waals surface area contributed by atoms with Gasteiger partial charge in [0.05, 0.1) is 18.4 Å². The van der Waals surface area contributed by atoms with E-state index in [0.717, 1.165) is 22.6 Å². The number of pyridine rings is 1. The van der Waals surface area contributed by atoms with E-state index in [0.29, 0.717) is 17.1 Å². The van der Waals surface area contributed by atoms with Crippen LogP contribution in [0.4, 0.5) is 0 Å². The van der Waals surface area contributed by atoms with Crippen LogP contribution in [0.25, 0.3) is 11.3 Å². The van der Waals surface area contributed by atoms with Crippen molar-refractivity contribution in [1.29, 1.82) is 0 Å². The van der Waals surface area contributed by atoms with Crippen molar-refractivity contribution in [1.82, 2.24) is 10.3 Å². The molecular formula is C20H17ClN2O2. The second-order valence-electron chi connectivity index (χ2n) is 5.47. The van der Waals surface area contributed by atoms with Crippen molar-refractivity contribution in [3.05, 3.63) is 83.0 Å². The van der Waals surface area contributed by atoms with Crippen molar-refractivity contribution in [2.75, 3.05) is 7.11 Å². The first-order valence-corrected chi connectivity index (χ1v) is 8.16. The molecule has 0 spiro atoms. The van der Waals surface area contributed by atoms with Crippen LogP contribution in [-0.2, 0) is 6.54 Å². The molecule has 1 N–H and O–H groups in total. The number of ether oxygens (including phenoxy) is 1. The lowest BCUT2D eigenvalue weighted by Crippen LogP contribution is -2.22. The Hall–Kier alpha value is -2.85. The number of hydrogen-bond donors (Lipinski definition) is 1. The van der Waals surface area contributed by atoms with Gasteiger partial charge >= 0.3 is 0 Å². The molecule has 0 aliphatic rings. The van der Waals surface area contributed by atoms with E-state index < -0.39 is 0 Å². The van der Waals surface area contributed by atoms with Gasteiger partial charge in [-0.3, -0.25) is 9.78 Å². The predicted octanol–water partition coefficient (Wildman–Crippen LogP) is 4.34. The lowest BCUT2D eigenvalue weighted by atomic mass is 10.1. The van der Waals surface area contributed by atoms with E-state index in [1.807, 2.05) is 42.5 Å². The number of hydrogen-bond acceptors (Lipinski definition) is 3. The van der Waals surface area contributed by atoms with Crippen LogP contribution in [-0.4, -0.2) is 18.0 Å². The van der Waals surface area contributed by atoms with Crippen molar-refractivity contribution in [3.8, 4) is 17.0 Å². The normalized spacial score (nSPS) is 10.3. The fourth-order valence-corrected chi connectivity index (χ4v) is 2.49. The van der Waals surface area contributed by atoms with Gasteiger partial charge in [0.1, 0.15) is 5.75 Å². The summed E-state index contributed by atoms with van der Waals surface area (Å²) in [6.45, 7) is 0.438. The predicted molar refractivity (Wildman–Crippen MR) is 98.8 cm³/mol. The van der Waals surface area contributed by atoms with Gasteiger partial charge in [-0.15, -0.1) is 0 Å². The Kier molecular flexibility index (Phi) is 5.31. The van der Waals surface area contributed by atoms with Crippen molar-refractivity contribution in [2.24, 2.45) is 0 Å². The van der Waals surface area contributed by atoms with Crippen LogP contribution in [0.3, 0.4) is 0 Å². The highest BCUT2D eigenvalue weighted by Gasteiger charge is 2.07. The van der Waals surface area contributed by atoms with Crippen LogP contribution in [0.2, 0.25) is 5.02 Å². The number of methoxy groups -OCH3 is 1. The molecule has 5 heteroatoms. The summed E-state index contributed by atoms with van der Waals surface area (Å²) < 4.78 is 5.22. The van der Waals surface area contributed by atoms with Gasteiger partial charge in [0.15, 0.2) is 0 Å². The molecule has 4 nitrogen and oxygen atoms in total. The molecule has 25 heavy (non-hydrogen) atoms. The number of halogens is 1. The second-order valence-corrected chi connectivity index (χ2v) is 5.91. The maximum atomic E-state index is 12.2. The summed E-state index contributed by atoms with van der Waals surface area (Å²) in [4.78, 5) is 16.6. The Morgan fingerprint density at radius 2 is 1.92 bits per heavy atom. The van der Waals surface area contributed by atoms with Crippen LogP contribution in [0.5, 0.6) is 5.75 Å². The average molecular weight is 353 g/mol. The van der Waals surface area contributed by atoms with Gasteiger partial charge in [0.2, 0.25) is 0 Å². The van der Waals surface area contributed by atoms with Gasteiger partial charge < -0.3 is 10.1 Å². The summed E-state index contributed by atoms with van der Waals surface area (Å²) >= 11 is 5.85. The van der Waals surface area contributed by atoms with Gasteiger partial charge in [0, 0.05) is 23.3 Å². The Labute approximate surface area is 151 Å². The van der Waals surface area contributed by atoms with Crippen molar-refractivity contribution in [3.63, 3.8) is 0 Å². The Morgan fingerprint density at radius 3 is 2.60 bits per heavy atom. The molecule has 0 unspecified atom stereocenters. The number of rotatable bonds is 5. The number of aromatic nitrogens is 1. The third-order valence-corrected chi connectivity index (χ3v) is 4.01. The highest BCUT2D eigenvalue weighted by Crippen LogP contribution is 2.22. The maximum absolute atomic E-state index is 12.2. The topological polar surface area (TPSA) is 51.2 Å². The lowest BCUT2D eigenvalue weighted by Gasteiger charge is -2.07. The number of amides is 1. The van der Waals surface area contributed by atoms with Crippen LogP contribution in [0.1, 0.15) is 15.9 Å². The van der Waals surface area contributed by atoms with E-state index in [9.17, 15) is 4.79 Å². The number of benzene rings is 2. The van der Waals surface area contributed by atoms with Gasteiger partial charge in [-0.25, -0.2) is 0 Å². The molecule has 0 aliphatic heterocycles. The van der Waals surface area contributed by atoms with E-state index >= 15 is 0 Å². The van der Waals surface area contributed by atoms with Crippen LogP contribution >= 0.6 is 11.6 Å². The number of carbonyl (C=O) groups is 1. The molecule has 0 atom stereocenters. The second kappa shape index (κ2) is 7.81. The van der Waals surface area contributed by atoms with Gasteiger partial charge in [-0.2, -0.15) is 0 Å². The molecule has 0 bridgehead atoms. The SMILES string of the molecule is COc1cccc(-c2ccc(C(=O)NCc3ccc(Cl)cc3)cn2)c1. The third-order valence-electron chi connectivity index (χ3n) is 3.76. The first kappa shape index (κ1) is 17.0. The van der Waals surface area contributed by atoms with E-state index in [1.165, 1.54) is 0 Å². The van der Waals surface area contributed by atoms with Crippen molar-refractivity contribution in [2.45, 2.75) is 6.54 Å². The molecule has 2 aromatic carbocycles. The quantitative estimate of drug-likeness (QED) is 0.743. The molecule has 1 amide bonds. The zero-order valence-electron chi connectivity index (χ0n) is 13.7.